The Morgan fingerprint density at radius 2 is 2.00 bits per heavy atom. The Morgan fingerprint density at radius 1 is 2.00 bits per heavy atom. The molecule has 2 N–H and O–H groups in total. The van der Waals surface area contributed by atoms with Crippen molar-refractivity contribution in [2.75, 3.05) is 0 Å². The molecule has 0 aliphatic heterocycles. The normalized spacial score (nSPS) is 6.25. The van der Waals surface area contributed by atoms with Gasteiger partial charge in [0, 0.05) is 0 Å². The molecular weight excluding hydrogens is 161 g/mol. The van der Waals surface area contributed by atoms with E-state index in [0.717, 1.165) is 22.5 Å². The summed E-state index contributed by atoms with van der Waals surface area (Å²) >= 11 is 0.776. The van der Waals surface area contributed by atoms with Gasteiger partial charge in [-0.2, -0.15) is 0 Å². The number of hydrogen-bond acceptors (Lipinski definition) is 1. The van der Waals surface area contributed by atoms with Crippen LogP contribution in [0.2, 0.25) is 0 Å². The van der Waals surface area contributed by atoms with Crippen LogP contribution in [0.25, 0.3) is 0 Å². The molecule has 0 rings (SSSR count). The number of nitrogens with two attached hydrogens (primary N) is 1. The maximum atomic E-state index is 9.26. The van der Waals surface area contributed by atoms with E-state index >= 15 is 0 Å². The SMILES string of the molecule is N[C](=O)[Sn]. The van der Waals surface area contributed by atoms with Gasteiger partial charge in [-0.1, -0.05) is 0 Å². The van der Waals surface area contributed by atoms with Crippen LogP contribution < -0.4 is 5.73 Å². The van der Waals surface area contributed by atoms with Crippen molar-refractivity contribution >= 4 is 26.4 Å². The van der Waals surface area contributed by atoms with Crippen LogP contribution in [-0.4, -0.2) is 26.4 Å². The van der Waals surface area contributed by atoms with Gasteiger partial charge in [-0.15, -0.1) is 0 Å². The van der Waals surface area contributed by atoms with Crippen molar-refractivity contribution in [3.8, 4) is 0 Å². The third kappa shape index (κ3) is 50.6. The molecule has 0 heterocycles. The zero-order valence-corrected chi connectivity index (χ0v) is 4.84. The van der Waals surface area contributed by atoms with Crippen molar-refractivity contribution in [1.82, 2.24) is 0 Å². The second kappa shape index (κ2) is 1.57. The average molecular weight is 163 g/mol. The molecule has 0 aromatic carbocycles. The zero-order valence-electron chi connectivity index (χ0n) is 1.99. The van der Waals surface area contributed by atoms with Gasteiger partial charge in [-0.3, -0.25) is 0 Å². The van der Waals surface area contributed by atoms with Gasteiger partial charge in [0.2, 0.25) is 0 Å². The van der Waals surface area contributed by atoms with Crippen molar-refractivity contribution in [2.24, 2.45) is 5.73 Å². The molecule has 0 saturated heterocycles. The van der Waals surface area contributed by atoms with E-state index in [2.05, 4.69) is 5.73 Å². The van der Waals surface area contributed by atoms with Gasteiger partial charge >= 0.3 is 37.0 Å². The second-order valence-corrected chi connectivity index (χ2v) is 1.77. The van der Waals surface area contributed by atoms with Gasteiger partial charge in [-0.05, 0) is 0 Å². The van der Waals surface area contributed by atoms with Crippen LogP contribution in [-0.2, 0) is 0 Å². The van der Waals surface area contributed by atoms with Crippen molar-refractivity contribution in [2.45, 2.75) is 0 Å². The Morgan fingerprint density at radius 3 is 2.00 bits per heavy atom. The predicted octanol–water partition coefficient (Wildman–Crippen LogP) is -0.766. The summed E-state index contributed by atoms with van der Waals surface area (Å²) in [7, 11) is 0. The molecule has 0 spiro atoms. The molecule has 3 radical (unpaired) electrons. The molecular formula is CH2NOSn. The molecule has 0 bridgehead atoms. The Bertz CT molecular complexity index is 31.0. The minimum absolute atomic E-state index is 0.243. The third-order valence-electron chi connectivity index (χ3n) is 0. The van der Waals surface area contributed by atoms with E-state index in [9.17, 15) is 4.79 Å². The van der Waals surface area contributed by atoms with Crippen molar-refractivity contribution in [3.05, 3.63) is 0 Å². The summed E-state index contributed by atoms with van der Waals surface area (Å²) in [5.74, 6) is 0. The molecule has 0 aromatic heterocycles. The molecule has 21 valence electrons. The first kappa shape index (κ1) is 4.27. The Hall–Kier alpha value is 0.269. The van der Waals surface area contributed by atoms with E-state index in [4.69, 9.17) is 0 Å². The number of carbonyl (C=O) groups is 1. The minimum atomic E-state index is -0.243. The summed E-state index contributed by atoms with van der Waals surface area (Å²) in [6.45, 7) is 0. The number of primary amides is 1. The summed E-state index contributed by atoms with van der Waals surface area (Å²) in [5, 5.41) is 0. The second-order valence-electron chi connectivity index (χ2n) is 0.364. The van der Waals surface area contributed by atoms with E-state index in [1.54, 1.807) is 0 Å². The number of rotatable bonds is 0. The van der Waals surface area contributed by atoms with Crippen LogP contribution in [0.15, 0.2) is 0 Å². The van der Waals surface area contributed by atoms with Gasteiger partial charge in [0.05, 0.1) is 0 Å². The van der Waals surface area contributed by atoms with Gasteiger partial charge in [-0.25, -0.2) is 0 Å². The summed E-state index contributed by atoms with van der Waals surface area (Å²) < 4.78 is -0.243. The predicted molar refractivity (Wildman–Crippen MR) is 15.3 cm³/mol. The van der Waals surface area contributed by atoms with Crippen LogP contribution in [0.4, 0.5) is 4.79 Å². The molecule has 0 aliphatic carbocycles. The third-order valence-corrected chi connectivity index (χ3v) is 0. The quantitative estimate of drug-likeness (QED) is 0.468. The standard InChI is InChI=1S/CH2NO.Sn/c2-1-3;/h(H2,2,3);. The number of amides is 1. The molecule has 0 unspecified atom stereocenters. The van der Waals surface area contributed by atoms with E-state index < -0.39 is 0 Å². The van der Waals surface area contributed by atoms with E-state index in [-0.39, 0.29) is 3.92 Å². The van der Waals surface area contributed by atoms with E-state index in [0.29, 0.717) is 0 Å². The summed E-state index contributed by atoms with van der Waals surface area (Å²) in [5.41, 5.74) is 4.51. The first-order valence-electron chi connectivity index (χ1n) is 0.743. The van der Waals surface area contributed by atoms with E-state index in [1.807, 2.05) is 0 Å². The van der Waals surface area contributed by atoms with Crippen LogP contribution in [0.5, 0.6) is 0 Å². The summed E-state index contributed by atoms with van der Waals surface area (Å²) in [6.07, 6.45) is 0. The van der Waals surface area contributed by atoms with Gasteiger partial charge in [0.1, 0.15) is 0 Å². The van der Waals surface area contributed by atoms with Gasteiger partial charge in [0.15, 0.2) is 0 Å². The van der Waals surface area contributed by atoms with Crippen LogP contribution in [0.3, 0.4) is 0 Å². The van der Waals surface area contributed by atoms with Gasteiger partial charge in [0.25, 0.3) is 0 Å². The number of hydrogen-bond donors (Lipinski definition) is 1. The molecule has 0 saturated carbocycles. The molecule has 1 amide bonds. The van der Waals surface area contributed by atoms with Crippen LogP contribution >= 0.6 is 0 Å². The average Bonchev–Trinajstić information content (AvgIpc) is 0.811. The molecule has 2 nitrogen and oxygen atoms in total. The first-order valence-corrected chi connectivity index (χ1v) is 2.17. The molecule has 0 aromatic rings. The molecule has 0 aliphatic rings. The summed E-state index contributed by atoms with van der Waals surface area (Å²) in [6, 6.07) is 0. The van der Waals surface area contributed by atoms with Crippen molar-refractivity contribution in [1.29, 1.82) is 0 Å². The van der Waals surface area contributed by atoms with Gasteiger partial charge < -0.3 is 0 Å². The van der Waals surface area contributed by atoms with Crippen LogP contribution in [0.1, 0.15) is 0 Å². The molecule has 4 heavy (non-hydrogen) atoms. The van der Waals surface area contributed by atoms with Crippen molar-refractivity contribution < 1.29 is 4.79 Å². The molecule has 0 fully saturated rings. The Kier molecular flexibility index (Phi) is 1.68. The van der Waals surface area contributed by atoms with Crippen LogP contribution in [0, 0.1) is 0 Å². The Balaban J connectivity index is 2.80. The number of carbonyl (C=O) groups excluding carboxylic acids is 1. The summed E-state index contributed by atoms with van der Waals surface area (Å²) in [4.78, 5) is 9.26. The topological polar surface area (TPSA) is 43.1 Å². The fourth-order valence-electron chi connectivity index (χ4n) is 0. The Labute approximate surface area is 37.4 Å². The molecule has 3 heteroatoms. The fourth-order valence-corrected chi connectivity index (χ4v) is 0. The fraction of sp³-hybridized carbons (Fsp3) is 0. The van der Waals surface area contributed by atoms with Crippen molar-refractivity contribution in [3.63, 3.8) is 0 Å². The monoisotopic (exact) mass is 164 g/mol. The van der Waals surface area contributed by atoms with E-state index in [1.165, 1.54) is 0 Å². The molecule has 0 atom stereocenters. The maximum absolute atomic E-state index is 9.26. The first-order chi connectivity index (χ1) is 1.73. The zero-order chi connectivity index (χ0) is 3.58.